The lowest BCUT2D eigenvalue weighted by Crippen LogP contribution is -2.69. The molecule has 0 aliphatic heterocycles. The molecular formula is C32H45B4N9O5. The van der Waals surface area contributed by atoms with Gasteiger partial charge in [-0.15, -0.1) is 0 Å². The molecule has 0 saturated heterocycles. The molecule has 260 valence electrons. The van der Waals surface area contributed by atoms with Gasteiger partial charge in [0.05, 0.1) is 32.6 Å². The summed E-state index contributed by atoms with van der Waals surface area (Å²) >= 11 is 0. The summed E-state index contributed by atoms with van der Waals surface area (Å²) in [5.41, 5.74) is 26.3. The Morgan fingerprint density at radius 2 is 1.48 bits per heavy atom. The summed E-state index contributed by atoms with van der Waals surface area (Å²) in [5, 5.41) is 16.0. The molecule has 18 heteroatoms. The van der Waals surface area contributed by atoms with E-state index in [9.17, 15) is 24.3 Å². The first-order valence-electron chi connectivity index (χ1n) is 16.0. The normalized spacial score (nSPS) is 15.0. The molecule has 0 bridgehead atoms. The lowest BCUT2D eigenvalue weighted by molar-refractivity contribution is -0.135. The minimum absolute atomic E-state index is 0.0141. The molecule has 4 amide bonds. The molecule has 8 radical (unpaired) electrons. The van der Waals surface area contributed by atoms with Crippen LogP contribution in [-0.2, 0) is 32.0 Å². The molecule has 4 atom stereocenters. The molecule has 0 spiro atoms. The maximum absolute atomic E-state index is 14.1. The predicted octanol–water partition coefficient (Wildman–Crippen LogP) is -2.77. The number of benzene rings is 2. The number of phenols is 1. The quantitative estimate of drug-likeness (QED) is 0.0322. The second-order valence-electron chi connectivity index (χ2n) is 12.8. The van der Waals surface area contributed by atoms with Crippen molar-refractivity contribution in [1.82, 2.24) is 16.0 Å². The van der Waals surface area contributed by atoms with Gasteiger partial charge in [0.2, 0.25) is 23.6 Å². The number of primary amides is 1. The topological polar surface area (TPSA) is 267 Å². The van der Waals surface area contributed by atoms with Crippen molar-refractivity contribution in [3.8, 4) is 5.75 Å². The van der Waals surface area contributed by atoms with E-state index in [1.165, 1.54) is 12.1 Å². The number of phenolic OH excluding ortho intramolecular Hbond substituents is 1. The molecule has 2 aromatic rings. The van der Waals surface area contributed by atoms with Crippen molar-refractivity contribution < 1.29 is 24.3 Å². The second-order valence-corrected chi connectivity index (χ2v) is 12.8. The summed E-state index contributed by atoms with van der Waals surface area (Å²) in [4.78, 5) is 57.7. The molecule has 0 aliphatic carbocycles. The minimum Gasteiger partial charge on any atom is -0.508 e. The van der Waals surface area contributed by atoms with Crippen LogP contribution in [0.25, 0.3) is 0 Å². The van der Waals surface area contributed by atoms with Crippen molar-refractivity contribution in [3.63, 3.8) is 0 Å². The van der Waals surface area contributed by atoms with E-state index in [0.29, 0.717) is 28.7 Å². The first-order valence-corrected chi connectivity index (χ1v) is 16.0. The lowest BCUT2D eigenvalue weighted by atomic mass is 9.59. The van der Waals surface area contributed by atoms with E-state index in [1.54, 1.807) is 44.2 Å². The highest BCUT2D eigenvalue weighted by atomic mass is 16.3. The molecule has 0 aromatic heterocycles. The summed E-state index contributed by atoms with van der Waals surface area (Å²) in [6.45, 7) is 3.69. The fraction of sp³-hybridized carbons (Fsp3) is 0.469. The smallest absolute Gasteiger partial charge is 0.243 e. The van der Waals surface area contributed by atoms with Crippen molar-refractivity contribution in [2.45, 2.75) is 87.1 Å². The highest BCUT2D eigenvalue weighted by Crippen LogP contribution is 2.23. The van der Waals surface area contributed by atoms with E-state index in [4.69, 9.17) is 60.1 Å². The average molecular weight is 679 g/mol. The van der Waals surface area contributed by atoms with Crippen LogP contribution in [0.15, 0.2) is 47.5 Å². The fourth-order valence-electron chi connectivity index (χ4n) is 5.27. The summed E-state index contributed by atoms with van der Waals surface area (Å²) < 4.78 is 0. The van der Waals surface area contributed by atoms with Gasteiger partial charge in [-0.2, -0.15) is 0 Å². The van der Waals surface area contributed by atoms with E-state index in [1.807, 2.05) is 0 Å². The van der Waals surface area contributed by atoms with E-state index in [0.717, 1.165) is 0 Å². The molecule has 2 aromatic carbocycles. The van der Waals surface area contributed by atoms with Crippen molar-refractivity contribution in [3.05, 3.63) is 64.7 Å². The van der Waals surface area contributed by atoms with E-state index >= 15 is 0 Å². The number of rotatable bonds is 19. The number of aryl methyl sites for hydroxylation is 2. The summed E-state index contributed by atoms with van der Waals surface area (Å²) in [6, 6.07) is 9.19. The van der Waals surface area contributed by atoms with Crippen LogP contribution in [0, 0.1) is 13.8 Å². The first kappa shape index (κ1) is 41.7. The van der Waals surface area contributed by atoms with E-state index in [-0.39, 0.29) is 56.8 Å². The van der Waals surface area contributed by atoms with Crippen molar-refractivity contribution in [2.75, 3.05) is 6.54 Å². The van der Waals surface area contributed by atoms with Gasteiger partial charge < -0.3 is 49.7 Å². The van der Waals surface area contributed by atoms with E-state index in [2.05, 4.69) is 20.9 Å². The van der Waals surface area contributed by atoms with Crippen LogP contribution in [0.1, 0.15) is 54.4 Å². The van der Waals surface area contributed by atoms with Crippen molar-refractivity contribution in [1.29, 1.82) is 0 Å². The van der Waals surface area contributed by atoms with E-state index < -0.39 is 51.9 Å². The zero-order chi connectivity index (χ0) is 37.9. The lowest BCUT2D eigenvalue weighted by Gasteiger charge is -2.37. The monoisotopic (exact) mass is 679 g/mol. The van der Waals surface area contributed by atoms with Gasteiger partial charge in [0.25, 0.3) is 0 Å². The number of carbonyl (C=O) groups excluding carboxylic acids is 4. The van der Waals surface area contributed by atoms with Crippen LogP contribution >= 0.6 is 0 Å². The Morgan fingerprint density at radius 1 is 0.880 bits per heavy atom. The number of hydrogen-bond acceptors (Lipinski definition) is 8. The Hall–Kier alpha value is -4.43. The molecule has 0 aliphatic rings. The van der Waals surface area contributed by atoms with Gasteiger partial charge in [-0.25, -0.2) is 0 Å². The Kier molecular flexibility index (Phi) is 15.0. The number of aromatic hydroxyl groups is 1. The third kappa shape index (κ3) is 13.1. The van der Waals surface area contributed by atoms with Crippen LogP contribution in [-0.4, -0.2) is 101 Å². The number of carbonyl (C=O) groups is 4. The minimum atomic E-state index is -2.25. The SMILES string of the molecule is [B]C([B])(N)CCC[C@]([B])(NC(=O)[C@H](Cc1c(C)cc(O)cc1C)NC(=O)[C@H](N)CCCN=C(N)N)C(=O)N[C@@]([B])(Cc1ccccc1)C(N)=O. The predicted molar refractivity (Wildman–Crippen MR) is 196 cm³/mol. The van der Waals surface area contributed by atoms with Gasteiger partial charge >= 0.3 is 0 Å². The molecule has 2 rings (SSSR count). The Bertz CT molecular complexity index is 1520. The fourth-order valence-corrected chi connectivity index (χ4v) is 5.27. The molecular weight excluding hydrogens is 634 g/mol. The van der Waals surface area contributed by atoms with Crippen molar-refractivity contribution >= 4 is 61.0 Å². The Morgan fingerprint density at radius 3 is 2.02 bits per heavy atom. The standard InChI is InChI=1S/C32H45B4N9O5/c1-18-14-21(46)15-19(2)22(18)16-24(43-25(47)23(37)10-6-13-42-29(39)40)26(48)44-30(33,11-7-12-32(35,36)41)28(50)45-31(34,27(38)49)17-20-8-4-3-5-9-20/h3-5,8-9,14-15,23-24,46H,6-7,10-13,16-17,37,41H2,1-2H3,(H2,38,49)(H,43,47)(H,44,48)(H,45,50)(H4,39,40,42)/t23-,24+,30+,31+/m1/s1. The van der Waals surface area contributed by atoms with Gasteiger partial charge in [-0.05, 0) is 73.9 Å². The average Bonchev–Trinajstić information content (AvgIpc) is 2.99. The summed E-state index contributed by atoms with van der Waals surface area (Å²) in [6.07, 6.45) is 0.0131. The van der Waals surface area contributed by atoms with Crippen molar-refractivity contribution in [2.24, 2.45) is 33.7 Å². The van der Waals surface area contributed by atoms with Gasteiger partial charge in [-0.1, -0.05) is 48.5 Å². The number of nitrogens with two attached hydrogens (primary N) is 5. The van der Waals surface area contributed by atoms with Crippen LogP contribution in [0.5, 0.6) is 5.75 Å². The third-order valence-electron chi connectivity index (χ3n) is 8.06. The molecule has 14 N–H and O–H groups in total. The third-order valence-corrected chi connectivity index (χ3v) is 8.06. The zero-order valence-corrected chi connectivity index (χ0v) is 28.6. The highest BCUT2D eigenvalue weighted by molar-refractivity contribution is 6.39. The van der Waals surface area contributed by atoms with Gasteiger partial charge in [0.15, 0.2) is 5.96 Å². The molecule has 0 fully saturated rings. The maximum atomic E-state index is 14.1. The number of guanidine groups is 1. The summed E-state index contributed by atoms with van der Waals surface area (Å²) in [5.74, 6) is -3.76. The first-order chi connectivity index (χ1) is 23.2. The molecule has 14 nitrogen and oxygen atoms in total. The number of amides is 4. The molecule has 0 unspecified atom stereocenters. The number of nitrogens with zero attached hydrogens (tertiary/aromatic N) is 1. The van der Waals surface area contributed by atoms with Gasteiger partial charge in [0, 0.05) is 13.0 Å². The number of aliphatic imine (C=N–C) groups is 1. The van der Waals surface area contributed by atoms with Crippen LogP contribution < -0.4 is 44.6 Å². The Balaban J connectivity index is 2.46. The summed E-state index contributed by atoms with van der Waals surface area (Å²) in [7, 11) is 24.4. The second kappa shape index (κ2) is 18.0. The largest absolute Gasteiger partial charge is 0.508 e. The van der Waals surface area contributed by atoms with Crippen LogP contribution in [0.2, 0.25) is 0 Å². The van der Waals surface area contributed by atoms with Crippen LogP contribution in [0.4, 0.5) is 0 Å². The maximum Gasteiger partial charge on any atom is 0.243 e. The zero-order valence-electron chi connectivity index (χ0n) is 28.6. The van der Waals surface area contributed by atoms with Gasteiger partial charge in [-0.3, -0.25) is 24.2 Å². The van der Waals surface area contributed by atoms with Crippen LogP contribution in [0.3, 0.4) is 0 Å². The number of nitrogens with one attached hydrogen (secondary N) is 3. The van der Waals surface area contributed by atoms with Gasteiger partial charge in [0.1, 0.15) is 27.5 Å². The molecule has 0 heterocycles. The molecule has 50 heavy (non-hydrogen) atoms. The molecule has 0 saturated carbocycles. The highest BCUT2D eigenvalue weighted by Gasteiger charge is 2.41. The number of hydrogen-bond donors (Lipinski definition) is 9. The Labute approximate surface area is 298 Å².